The van der Waals surface area contributed by atoms with Crippen LogP contribution in [0, 0.1) is 0 Å². The van der Waals surface area contributed by atoms with E-state index in [1.165, 1.54) is 36.8 Å². The van der Waals surface area contributed by atoms with Crippen LogP contribution in [0.3, 0.4) is 0 Å². The summed E-state index contributed by atoms with van der Waals surface area (Å²) in [5, 5.41) is 20.7. The Morgan fingerprint density at radius 1 is 0.848 bits per heavy atom. The lowest BCUT2D eigenvalue weighted by atomic mass is 9.95. The van der Waals surface area contributed by atoms with Gasteiger partial charge in [-0.05, 0) is 37.0 Å². The summed E-state index contributed by atoms with van der Waals surface area (Å²) in [4.78, 5) is 24.4. The molecule has 2 N–H and O–H groups in total. The maximum atomic E-state index is 12.7. The number of esters is 1. The predicted octanol–water partition coefficient (Wildman–Crippen LogP) is 5.51. The molecule has 2 aromatic carbocycles. The van der Waals surface area contributed by atoms with Crippen molar-refractivity contribution in [2.45, 2.75) is 49.9 Å². The lowest BCUT2D eigenvalue weighted by Crippen LogP contribution is -2.20. The van der Waals surface area contributed by atoms with Crippen molar-refractivity contribution in [3.05, 3.63) is 47.5 Å². The monoisotopic (exact) mass is 680 g/mol. The molecule has 0 bridgehead atoms. The van der Waals surface area contributed by atoms with Gasteiger partial charge in [0.2, 0.25) is 0 Å². The third-order valence-electron chi connectivity index (χ3n) is 7.23. The number of phenolic OH excluding ortho intramolecular Hbond substituents is 2. The minimum absolute atomic E-state index is 0.0846. The van der Waals surface area contributed by atoms with E-state index in [1.807, 2.05) is 21.6 Å². The quantitative estimate of drug-likeness (QED) is 0.0919. The Morgan fingerprint density at radius 2 is 1.50 bits per heavy atom. The van der Waals surface area contributed by atoms with Crippen LogP contribution in [0.5, 0.6) is 23.0 Å². The maximum Gasteiger partial charge on any atom is 0.305 e. The highest BCUT2D eigenvalue weighted by Gasteiger charge is 2.31. The summed E-state index contributed by atoms with van der Waals surface area (Å²) in [7, 11) is 3.92. The average Bonchev–Trinajstić information content (AvgIpc) is 3.56. The molecule has 0 amide bonds. The van der Waals surface area contributed by atoms with Crippen molar-refractivity contribution in [1.82, 2.24) is 0 Å². The van der Waals surface area contributed by atoms with Gasteiger partial charge in [-0.25, -0.2) is 0 Å². The average molecular weight is 681 g/mol. The topological polar surface area (TPSA) is 139 Å². The molecule has 254 valence electrons. The van der Waals surface area contributed by atoms with Crippen LogP contribution >= 0.6 is 21.6 Å². The van der Waals surface area contributed by atoms with E-state index in [9.17, 15) is 19.8 Å². The summed E-state index contributed by atoms with van der Waals surface area (Å²) in [6.45, 7) is 3.63. The minimum atomic E-state index is -0.524. The van der Waals surface area contributed by atoms with Crippen LogP contribution < -0.4 is 9.47 Å². The van der Waals surface area contributed by atoms with Gasteiger partial charge in [-0.1, -0.05) is 40.1 Å². The first-order chi connectivity index (χ1) is 22.5. The molecule has 0 aliphatic carbocycles. The number of rotatable bonds is 22. The van der Waals surface area contributed by atoms with Gasteiger partial charge in [0.1, 0.15) is 47.9 Å². The van der Waals surface area contributed by atoms with Gasteiger partial charge in [-0.3, -0.25) is 9.59 Å². The van der Waals surface area contributed by atoms with Crippen molar-refractivity contribution in [2.75, 3.05) is 71.8 Å². The number of benzene rings is 2. The minimum Gasteiger partial charge on any atom is -0.508 e. The molecule has 0 spiro atoms. The van der Waals surface area contributed by atoms with E-state index in [2.05, 4.69) is 0 Å². The second kappa shape index (κ2) is 20.5. The largest absolute Gasteiger partial charge is 0.508 e. The molecule has 2 aliphatic rings. The SMILES string of the molecule is O=C(CCCCC1CCSS1)OCCOCCOCCOCCOCCOc1cc(O)c2c(c1)OC(c1ccc(O)cc1)CC2=O. The number of unbranched alkanes of at least 4 members (excludes halogenated alkanes) is 1. The number of carbonyl (C=O) groups is 2. The van der Waals surface area contributed by atoms with Crippen LogP contribution in [0.2, 0.25) is 0 Å². The lowest BCUT2D eigenvalue weighted by Gasteiger charge is -2.26. The fourth-order valence-corrected chi connectivity index (χ4v) is 7.87. The lowest BCUT2D eigenvalue weighted by molar-refractivity contribution is -0.145. The van der Waals surface area contributed by atoms with Crippen molar-refractivity contribution in [3.8, 4) is 23.0 Å². The van der Waals surface area contributed by atoms with Gasteiger partial charge in [0, 0.05) is 29.6 Å². The number of hydrogen-bond acceptors (Lipinski definition) is 13. The number of phenols is 2. The second-order valence-electron chi connectivity index (χ2n) is 10.7. The van der Waals surface area contributed by atoms with Gasteiger partial charge < -0.3 is 43.4 Å². The van der Waals surface area contributed by atoms with Crippen LogP contribution in [0.4, 0.5) is 0 Å². The Labute approximate surface area is 277 Å². The van der Waals surface area contributed by atoms with E-state index in [-0.39, 0.29) is 54.2 Å². The Bertz CT molecular complexity index is 1200. The molecule has 2 aromatic rings. The van der Waals surface area contributed by atoms with Crippen molar-refractivity contribution in [1.29, 1.82) is 0 Å². The van der Waals surface area contributed by atoms with Crippen LogP contribution in [0.15, 0.2) is 36.4 Å². The summed E-state index contributed by atoms with van der Waals surface area (Å²) in [5.41, 5.74) is 0.887. The van der Waals surface area contributed by atoms with Crippen LogP contribution in [0.1, 0.15) is 60.6 Å². The molecule has 0 radical (unpaired) electrons. The van der Waals surface area contributed by atoms with Gasteiger partial charge in [-0.2, -0.15) is 0 Å². The Balaban J connectivity index is 0.941. The van der Waals surface area contributed by atoms with Crippen LogP contribution in [0.25, 0.3) is 0 Å². The Hall–Kier alpha value is -2.68. The van der Waals surface area contributed by atoms with Gasteiger partial charge in [0.15, 0.2) is 5.78 Å². The third-order valence-corrected chi connectivity index (χ3v) is 10.2. The van der Waals surface area contributed by atoms with Crippen LogP contribution in [-0.2, 0) is 28.5 Å². The van der Waals surface area contributed by atoms with E-state index in [4.69, 9.17) is 33.2 Å². The van der Waals surface area contributed by atoms with Gasteiger partial charge in [-0.15, -0.1) is 0 Å². The molecule has 0 saturated carbocycles. The number of fused-ring (bicyclic) bond motifs is 1. The van der Waals surface area contributed by atoms with E-state index in [1.54, 1.807) is 18.2 Å². The summed E-state index contributed by atoms with van der Waals surface area (Å²) >= 11 is 0. The number of ketones is 1. The molecule has 2 unspecified atom stereocenters. The highest BCUT2D eigenvalue weighted by atomic mass is 33.1. The summed E-state index contributed by atoms with van der Waals surface area (Å²) < 4.78 is 38.8. The summed E-state index contributed by atoms with van der Waals surface area (Å²) in [6.07, 6.45) is 4.45. The molecule has 46 heavy (non-hydrogen) atoms. The highest BCUT2D eigenvalue weighted by molar-refractivity contribution is 8.77. The number of Topliss-reactive ketones (excluding diaryl/α,β-unsaturated/α-hetero) is 1. The molecule has 2 atom stereocenters. The zero-order valence-electron chi connectivity index (χ0n) is 26.0. The highest BCUT2D eigenvalue weighted by Crippen LogP contribution is 2.42. The van der Waals surface area contributed by atoms with Gasteiger partial charge in [0.05, 0.1) is 59.3 Å². The Kier molecular flexibility index (Phi) is 16.1. The smallest absolute Gasteiger partial charge is 0.305 e. The van der Waals surface area contributed by atoms with E-state index >= 15 is 0 Å². The third kappa shape index (κ3) is 12.8. The van der Waals surface area contributed by atoms with Crippen LogP contribution in [-0.4, -0.2) is 99.0 Å². The van der Waals surface area contributed by atoms with Gasteiger partial charge in [0.25, 0.3) is 0 Å². The molecule has 2 heterocycles. The number of hydrogen-bond donors (Lipinski definition) is 2. The molecule has 2 aliphatic heterocycles. The number of aromatic hydroxyl groups is 2. The molecular weight excluding hydrogens is 636 g/mol. The number of carbonyl (C=O) groups excluding carboxylic acids is 2. The number of ether oxygens (including phenoxy) is 7. The molecular formula is C33H44O11S2. The fraction of sp³-hybridized carbons (Fsp3) is 0.576. The van der Waals surface area contributed by atoms with E-state index in [0.29, 0.717) is 65.0 Å². The summed E-state index contributed by atoms with van der Waals surface area (Å²) in [6, 6.07) is 9.45. The molecule has 1 saturated heterocycles. The van der Waals surface area contributed by atoms with Crippen molar-refractivity contribution in [2.24, 2.45) is 0 Å². The molecule has 0 aromatic heterocycles. The zero-order valence-corrected chi connectivity index (χ0v) is 27.7. The van der Waals surface area contributed by atoms with Crippen molar-refractivity contribution < 1.29 is 53.0 Å². The van der Waals surface area contributed by atoms with Gasteiger partial charge >= 0.3 is 5.97 Å². The van der Waals surface area contributed by atoms with E-state index < -0.39 is 6.10 Å². The summed E-state index contributed by atoms with van der Waals surface area (Å²) in [5.74, 6) is 1.40. The first-order valence-electron chi connectivity index (χ1n) is 15.7. The first kappa shape index (κ1) is 36.2. The second-order valence-corrected chi connectivity index (χ2v) is 13.5. The standard InChI is InChI=1S/C33H44O11S2/c34-25-7-5-24(6-8-25)30-23-29(36)33-28(35)21-26(22-31(33)44-30)42-18-16-40-14-12-38-10-11-39-13-15-41-17-19-43-32(37)4-2-1-3-27-9-20-45-46-27/h5-8,21-22,27,30,34-35H,1-4,9-20,23H2. The predicted molar refractivity (Wildman–Crippen MR) is 175 cm³/mol. The van der Waals surface area contributed by atoms with Crippen molar-refractivity contribution >= 4 is 33.3 Å². The van der Waals surface area contributed by atoms with Crippen molar-refractivity contribution in [3.63, 3.8) is 0 Å². The maximum absolute atomic E-state index is 12.7. The fourth-order valence-electron chi connectivity index (χ4n) is 4.85. The molecule has 4 rings (SSSR count). The molecule has 13 heteroatoms. The molecule has 1 fully saturated rings. The Morgan fingerprint density at radius 3 is 2.15 bits per heavy atom. The van der Waals surface area contributed by atoms with E-state index in [0.717, 1.165) is 23.7 Å². The molecule has 11 nitrogen and oxygen atoms in total. The first-order valence-corrected chi connectivity index (χ1v) is 18.1. The normalized spacial score (nSPS) is 17.4. The zero-order chi connectivity index (χ0) is 32.4.